The van der Waals surface area contributed by atoms with Crippen LogP contribution >= 0.6 is 12.2 Å². The lowest BCUT2D eigenvalue weighted by Gasteiger charge is -2.09. The SMILES string of the molecule is COc1ccccc1C=CC(=O)NC(=S)Nc1ccc(NC(C)=O)cc1. The number of hydrogen-bond acceptors (Lipinski definition) is 4. The number of thiocarbonyl (C=S) groups is 1. The third-order valence-corrected chi connectivity index (χ3v) is 3.46. The number of rotatable bonds is 5. The molecule has 0 unspecified atom stereocenters. The standard InChI is InChI=1S/C19H19N3O3S/c1-13(23)20-15-8-10-16(11-9-15)21-19(26)22-18(24)12-7-14-5-3-4-6-17(14)25-2/h3-12H,1-2H3,(H,20,23)(H2,21,22,24,26). The summed E-state index contributed by atoms with van der Waals surface area (Å²) in [6.45, 7) is 1.44. The number of anilines is 2. The molecule has 2 rings (SSSR count). The molecule has 0 saturated carbocycles. The van der Waals surface area contributed by atoms with E-state index in [9.17, 15) is 9.59 Å². The Bertz CT molecular complexity index is 832. The molecule has 0 saturated heterocycles. The van der Waals surface area contributed by atoms with Crippen molar-refractivity contribution in [1.29, 1.82) is 0 Å². The van der Waals surface area contributed by atoms with E-state index >= 15 is 0 Å². The minimum atomic E-state index is -0.358. The van der Waals surface area contributed by atoms with Crippen molar-refractivity contribution in [2.45, 2.75) is 6.92 Å². The van der Waals surface area contributed by atoms with Gasteiger partial charge in [0.15, 0.2) is 5.11 Å². The molecule has 2 amide bonds. The topological polar surface area (TPSA) is 79.5 Å². The van der Waals surface area contributed by atoms with E-state index in [0.717, 1.165) is 5.56 Å². The van der Waals surface area contributed by atoms with E-state index in [-0.39, 0.29) is 16.9 Å². The fourth-order valence-electron chi connectivity index (χ4n) is 2.13. The second-order valence-electron chi connectivity index (χ2n) is 5.28. The van der Waals surface area contributed by atoms with Crippen LogP contribution in [0.2, 0.25) is 0 Å². The van der Waals surface area contributed by atoms with Crippen LogP contribution in [0.3, 0.4) is 0 Å². The monoisotopic (exact) mass is 369 g/mol. The highest BCUT2D eigenvalue weighted by Crippen LogP contribution is 2.18. The van der Waals surface area contributed by atoms with E-state index in [2.05, 4.69) is 16.0 Å². The molecule has 0 fully saturated rings. The van der Waals surface area contributed by atoms with Gasteiger partial charge in [-0.3, -0.25) is 14.9 Å². The maximum Gasteiger partial charge on any atom is 0.250 e. The van der Waals surface area contributed by atoms with Crippen molar-refractivity contribution >= 4 is 46.6 Å². The zero-order chi connectivity index (χ0) is 18.9. The Labute approximate surface area is 157 Å². The van der Waals surface area contributed by atoms with Gasteiger partial charge in [0.2, 0.25) is 11.8 Å². The van der Waals surface area contributed by atoms with Crippen LogP contribution < -0.4 is 20.7 Å². The van der Waals surface area contributed by atoms with Crippen LogP contribution in [-0.2, 0) is 9.59 Å². The van der Waals surface area contributed by atoms with E-state index in [1.807, 2.05) is 24.3 Å². The minimum Gasteiger partial charge on any atom is -0.496 e. The highest BCUT2D eigenvalue weighted by molar-refractivity contribution is 7.80. The summed E-state index contributed by atoms with van der Waals surface area (Å²) >= 11 is 5.12. The van der Waals surface area contributed by atoms with Crippen molar-refractivity contribution in [3.8, 4) is 5.75 Å². The molecule has 0 aliphatic carbocycles. The predicted octanol–water partition coefficient (Wildman–Crippen LogP) is 3.18. The molecule has 0 atom stereocenters. The number of para-hydroxylation sites is 1. The van der Waals surface area contributed by atoms with E-state index in [1.54, 1.807) is 37.5 Å². The van der Waals surface area contributed by atoms with Crippen molar-refractivity contribution in [2.24, 2.45) is 0 Å². The lowest BCUT2D eigenvalue weighted by atomic mass is 10.2. The Morgan fingerprint density at radius 2 is 1.62 bits per heavy atom. The molecule has 0 aromatic heterocycles. The second kappa shape index (κ2) is 9.33. The zero-order valence-corrected chi connectivity index (χ0v) is 15.2. The molecule has 0 spiro atoms. The molecular weight excluding hydrogens is 350 g/mol. The van der Waals surface area contributed by atoms with Gasteiger partial charge in [-0.1, -0.05) is 18.2 Å². The van der Waals surface area contributed by atoms with Crippen molar-refractivity contribution in [3.05, 3.63) is 60.2 Å². The molecule has 0 aliphatic rings. The average molecular weight is 369 g/mol. The summed E-state index contributed by atoms with van der Waals surface area (Å²) in [7, 11) is 1.57. The Morgan fingerprint density at radius 1 is 1.00 bits per heavy atom. The number of carbonyl (C=O) groups excluding carboxylic acids is 2. The Kier molecular flexibility index (Phi) is 6.87. The first-order chi connectivity index (χ1) is 12.5. The molecule has 0 aliphatic heterocycles. The number of ether oxygens (including phenoxy) is 1. The van der Waals surface area contributed by atoms with E-state index in [0.29, 0.717) is 17.1 Å². The van der Waals surface area contributed by atoms with E-state index < -0.39 is 0 Å². The smallest absolute Gasteiger partial charge is 0.250 e. The normalized spacial score (nSPS) is 10.2. The quantitative estimate of drug-likeness (QED) is 0.557. The minimum absolute atomic E-state index is 0.143. The molecular formula is C19H19N3O3S. The molecule has 26 heavy (non-hydrogen) atoms. The summed E-state index contributed by atoms with van der Waals surface area (Å²) in [5, 5.41) is 8.31. The molecule has 7 heteroatoms. The fourth-order valence-corrected chi connectivity index (χ4v) is 2.34. The average Bonchev–Trinajstić information content (AvgIpc) is 2.61. The molecule has 0 bridgehead atoms. The number of methoxy groups -OCH3 is 1. The van der Waals surface area contributed by atoms with Gasteiger partial charge in [0, 0.05) is 29.9 Å². The highest BCUT2D eigenvalue weighted by Gasteiger charge is 2.03. The van der Waals surface area contributed by atoms with Gasteiger partial charge >= 0.3 is 0 Å². The molecule has 3 N–H and O–H groups in total. The van der Waals surface area contributed by atoms with Gasteiger partial charge in [0.05, 0.1) is 7.11 Å². The fraction of sp³-hybridized carbons (Fsp3) is 0.105. The molecule has 134 valence electrons. The van der Waals surface area contributed by atoms with Gasteiger partial charge in [-0.2, -0.15) is 0 Å². The lowest BCUT2D eigenvalue weighted by Crippen LogP contribution is -2.32. The molecule has 6 nitrogen and oxygen atoms in total. The Morgan fingerprint density at radius 3 is 2.23 bits per heavy atom. The Balaban J connectivity index is 1.89. The van der Waals surface area contributed by atoms with Gasteiger partial charge in [0.25, 0.3) is 0 Å². The van der Waals surface area contributed by atoms with E-state index in [4.69, 9.17) is 17.0 Å². The van der Waals surface area contributed by atoms with Gasteiger partial charge in [-0.15, -0.1) is 0 Å². The summed E-state index contributed by atoms with van der Waals surface area (Å²) in [4.78, 5) is 23.0. The number of carbonyl (C=O) groups is 2. The van der Waals surface area contributed by atoms with Crippen molar-refractivity contribution in [3.63, 3.8) is 0 Å². The van der Waals surface area contributed by atoms with Crippen LogP contribution in [0.25, 0.3) is 6.08 Å². The lowest BCUT2D eigenvalue weighted by molar-refractivity contribution is -0.115. The summed E-state index contributed by atoms with van der Waals surface area (Å²) in [5.41, 5.74) is 2.16. The van der Waals surface area contributed by atoms with Gasteiger partial charge in [-0.25, -0.2) is 0 Å². The first-order valence-corrected chi connectivity index (χ1v) is 8.19. The van der Waals surface area contributed by atoms with Crippen molar-refractivity contribution in [2.75, 3.05) is 17.7 Å². The van der Waals surface area contributed by atoms with Crippen LogP contribution in [0.5, 0.6) is 5.75 Å². The predicted molar refractivity (Wildman–Crippen MR) is 107 cm³/mol. The molecule has 2 aromatic carbocycles. The summed E-state index contributed by atoms with van der Waals surface area (Å²) in [6.07, 6.45) is 3.03. The zero-order valence-electron chi connectivity index (χ0n) is 14.4. The van der Waals surface area contributed by atoms with Crippen LogP contribution in [-0.4, -0.2) is 24.0 Å². The highest BCUT2D eigenvalue weighted by atomic mass is 32.1. The van der Waals surface area contributed by atoms with Gasteiger partial charge in [0.1, 0.15) is 5.75 Å². The first-order valence-electron chi connectivity index (χ1n) is 7.78. The maximum atomic E-state index is 12.0. The van der Waals surface area contributed by atoms with Gasteiger partial charge in [-0.05, 0) is 48.6 Å². The molecule has 2 aromatic rings. The third kappa shape index (κ3) is 6.03. The van der Waals surface area contributed by atoms with Crippen LogP contribution in [0.15, 0.2) is 54.6 Å². The molecule has 0 heterocycles. The number of benzene rings is 2. The molecule has 0 radical (unpaired) electrons. The summed E-state index contributed by atoms with van der Waals surface area (Å²) < 4.78 is 5.22. The second-order valence-corrected chi connectivity index (χ2v) is 5.69. The number of nitrogens with one attached hydrogen (secondary N) is 3. The van der Waals surface area contributed by atoms with Crippen molar-refractivity contribution in [1.82, 2.24) is 5.32 Å². The number of hydrogen-bond donors (Lipinski definition) is 3. The maximum absolute atomic E-state index is 12.0. The van der Waals surface area contributed by atoms with Crippen LogP contribution in [0, 0.1) is 0 Å². The third-order valence-electron chi connectivity index (χ3n) is 3.25. The summed E-state index contributed by atoms with van der Waals surface area (Å²) in [6, 6.07) is 14.3. The van der Waals surface area contributed by atoms with E-state index in [1.165, 1.54) is 13.0 Å². The van der Waals surface area contributed by atoms with Gasteiger partial charge < -0.3 is 15.4 Å². The first kappa shape index (κ1) is 19.1. The van der Waals surface area contributed by atoms with Crippen LogP contribution in [0.4, 0.5) is 11.4 Å². The largest absolute Gasteiger partial charge is 0.496 e. The Hall–Kier alpha value is -3.19. The number of amides is 2. The summed E-state index contributed by atoms with van der Waals surface area (Å²) in [5.74, 6) is 0.176. The van der Waals surface area contributed by atoms with Crippen LogP contribution in [0.1, 0.15) is 12.5 Å². The van der Waals surface area contributed by atoms with Crippen molar-refractivity contribution < 1.29 is 14.3 Å².